The minimum atomic E-state index is -1.74. The molecule has 0 aliphatic rings. The summed E-state index contributed by atoms with van der Waals surface area (Å²) in [5.41, 5.74) is 7.81. The molecule has 0 aromatic heterocycles. The van der Waals surface area contributed by atoms with Crippen molar-refractivity contribution < 1.29 is 19.8 Å². The predicted molar refractivity (Wildman–Crippen MR) is 74.2 cm³/mol. The van der Waals surface area contributed by atoms with Gasteiger partial charge in [-0.05, 0) is 6.42 Å². The Morgan fingerprint density at radius 3 is 1.82 bits per heavy atom. The number of hydrogen-bond donors (Lipinski definition) is 7. The zero-order valence-corrected chi connectivity index (χ0v) is 11.6. The molecule has 9 heteroatoms. The van der Waals surface area contributed by atoms with Crippen molar-refractivity contribution in [2.75, 3.05) is 11.5 Å². The number of hydrogen-bond acceptors (Lipinski definition) is 7. The molecule has 0 rings (SSSR count). The maximum absolute atomic E-state index is 11.0. The van der Waals surface area contributed by atoms with Crippen LogP contribution in [0.2, 0.25) is 0 Å². The number of aliphatic carboxylic acids is 2. The van der Waals surface area contributed by atoms with E-state index in [9.17, 15) is 9.59 Å². The van der Waals surface area contributed by atoms with Crippen LogP contribution in [0.25, 0.3) is 0 Å². The second kappa shape index (κ2) is 6.19. The van der Waals surface area contributed by atoms with E-state index in [1.54, 1.807) is 0 Å². The van der Waals surface area contributed by atoms with Gasteiger partial charge >= 0.3 is 11.9 Å². The summed E-state index contributed by atoms with van der Waals surface area (Å²) in [6.07, 6.45) is -0.224. The van der Waals surface area contributed by atoms with Gasteiger partial charge in [0.1, 0.15) is 11.1 Å². The Hall–Kier alpha value is -0.0900. The van der Waals surface area contributed by atoms with Gasteiger partial charge in [-0.1, -0.05) is 0 Å². The highest BCUT2D eigenvalue weighted by atomic mass is 32.1. The smallest absolute Gasteiger partial charge is 0.325 e. The largest absolute Gasteiger partial charge is 0.480 e. The van der Waals surface area contributed by atoms with E-state index < -0.39 is 28.3 Å². The van der Waals surface area contributed by atoms with Gasteiger partial charge in [0, 0.05) is 16.8 Å². The van der Waals surface area contributed by atoms with Crippen molar-refractivity contribution in [1.82, 2.24) is 0 Å². The fraction of sp³-hybridized carbons (Fsp3) is 0.750. The molecule has 0 aliphatic heterocycles. The molecule has 6 N–H and O–H groups in total. The van der Waals surface area contributed by atoms with Crippen LogP contribution < -0.4 is 11.5 Å². The lowest BCUT2D eigenvalue weighted by Gasteiger charge is -2.33. The normalized spacial score (nSPS) is 20.1. The third kappa shape index (κ3) is 3.68. The van der Waals surface area contributed by atoms with Crippen molar-refractivity contribution >= 4 is 49.8 Å². The van der Waals surface area contributed by atoms with E-state index in [-0.39, 0.29) is 17.9 Å². The summed E-state index contributed by atoms with van der Waals surface area (Å²) in [6.45, 7) is 0. The van der Waals surface area contributed by atoms with Crippen LogP contribution in [0.1, 0.15) is 6.42 Å². The van der Waals surface area contributed by atoms with Crippen molar-refractivity contribution in [3.8, 4) is 0 Å². The van der Waals surface area contributed by atoms with E-state index in [0.717, 1.165) is 0 Å². The highest BCUT2D eigenvalue weighted by molar-refractivity contribution is 7.82. The molecular weight excluding hydrogens is 284 g/mol. The predicted octanol–water partition coefficient (Wildman–Crippen LogP) is -0.901. The first-order valence-corrected chi connectivity index (χ1v) is 6.36. The van der Waals surface area contributed by atoms with Gasteiger partial charge in [-0.2, -0.15) is 37.9 Å². The van der Waals surface area contributed by atoms with Crippen LogP contribution in [0.4, 0.5) is 0 Å². The quantitative estimate of drug-likeness (QED) is 0.305. The molecule has 0 amide bonds. The fourth-order valence-corrected chi connectivity index (χ4v) is 2.35. The Morgan fingerprint density at radius 2 is 1.59 bits per heavy atom. The average Bonchev–Trinajstić information content (AvgIpc) is 2.26. The molecule has 0 aliphatic carbocycles. The maximum atomic E-state index is 11.0. The Morgan fingerprint density at radius 1 is 1.12 bits per heavy atom. The van der Waals surface area contributed by atoms with Gasteiger partial charge in [-0.3, -0.25) is 9.59 Å². The standard InChI is InChI=1S/C8H16N2O4S3/c9-7(2-15,5(11)12)1-4(17)8(10,3-16)6(13)14/h4,15-17H,1-3,9-10H2,(H,11,12)(H,13,14)/t4?,7-,8+/m0/s1. The summed E-state index contributed by atoms with van der Waals surface area (Å²) in [4.78, 5) is 22.0. The molecule has 0 fully saturated rings. The summed E-state index contributed by atoms with van der Waals surface area (Å²) in [6, 6.07) is 0. The molecule has 0 saturated carbocycles. The van der Waals surface area contributed by atoms with E-state index in [2.05, 4.69) is 37.9 Å². The SMILES string of the molecule is N[C@](CS)(CC(S)[C@](N)(CS)C(=O)O)C(=O)O. The Labute approximate surface area is 115 Å². The van der Waals surface area contributed by atoms with E-state index in [4.69, 9.17) is 21.7 Å². The van der Waals surface area contributed by atoms with Crippen molar-refractivity contribution in [1.29, 1.82) is 0 Å². The number of carboxylic acids is 2. The van der Waals surface area contributed by atoms with Crippen molar-refractivity contribution in [2.24, 2.45) is 11.5 Å². The van der Waals surface area contributed by atoms with Crippen molar-refractivity contribution in [2.45, 2.75) is 22.7 Å². The molecule has 1 unspecified atom stereocenters. The van der Waals surface area contributed by atoms with Crippen LogP contribution in [0, 0.1) is 0 Å². The van der Waals surface area contributed by atoms with Gasteiger partial charge in [-0.25, -0.2) is 0 Å². The average molecular weight is 300 g/mol. The second-order valence-corrected chi connectivity index (χ2v) is 5.10. The molecule has 6 nitrogen and oxygen atoms in total. The molecule has 0 bridgehead atoms. The lowest BCUT2D eigenvalue weighted by atomic mass is 9.87. The third-order valence-corrected chi connectivity index (χ3v) is 4.25. The van der Waals surface area contributed by atoms with Crippen molar-refractivity contribution in [3.05, 3.63) is 0 Å². The molecule has 0 saturated heterocycles. The molecule has 17 heavy (non-hydrogen) atoms. The monoisotopic (exact) mass is 300 g/mol. The Kier molecular flexibility index (Phi) is 6.15. The van der Waals surface area contributed by atoms with Crippen LogP contribution in [0.15, 0.2) is 0 Å². The third-order valence-electron chi connectivity index (χ3n) is 2.52. The first kappa shape index (κ1) is 16.9. The van der Waals surface area contributed by atoms with Crippen LogP contribution in [0.3, 0.4) is 0 Å². The summed E-state index contributed by atoms with van der Waals surface area (Å²) >= 11 is 11.7. The molecule has 0 spiro atoms. The topological polar surface area (TPSA) is 127 Å². The molecule has 3 atom stereocenters. The molecule has 0 heterocycles. The maximum Gasteiger partial charge on any atom is 0.325 e. The zero-order valence-electron chi connectivity index (χ0n) is 8.91. The highest BCUT2D eigenvalue weighted by Crippen LogP contribution is 2.25. The van der Waals surface area contributed by atoms with E-state index in [0.29, 0.717) is 0 Å². The minimum Gasteiger partial charge on any atom is -0.480 e. The molecule has 0 radical (unpaired) electrons. The number of nitrogens with two attached hydrogens (primary N) is 2. The van der Waals surface area contributed by atoms with Crippen LogP contribution in [-0.2, 0) is 9.59 Å². The van der Waals surface area contributed by atoms with Gasteiger partial charge in [0.05, 0.1) is 0 Å². The fourth-order valence-electron chi connectivity index (χ4n) is 1.06. The van der Waals surface area contributed by atoms with Crippen LogP contribution in [0.5, 0.6) is 0 Å². The van der Waals surface area contributed by atoms with Gasteiger partial charge < -0.3 is 21.7 Å². The second-order valence-electron chi connectivity index (χ2n) is 3.84. The summed E-state index contributed by atoms with van der Waals surface area (Å²) in [5, 5.41) is 17.0. The lowest BCUT2D eigenvalue weighted by molar-refractivity contribution is -0.145. The highest BCUT2D eigenvalue weighted by Gasteiger charge is 2.45. The molecular formula is C8H16N2O4S3. The van der Waals surface area contributed by atoms with E-state index in [1.807, 2.05) is 0 Å². The first-order valence-electron chi connectivity index (χ1n) is 4.58. The Balaban J connectivity index is 5.01. The number of carboxylic acid groups (broad SMARTS) is 2. The minimum absolute atomic E-state index is 0.151. The summed E-state index contributed by atoms with van der Waals surface area (Å²) in [7, 11) is 0. The Bertz CT molecular complexity index is 317. The van der Waals surface area contributed by atoms with Crippen LogP contribution >= 0.6 is 37.9 Å². The van der Waals surface area contributed by atoms with Gasteiger partial charge in [0.15, 0.2) is 0 Å². The van der Waals surface area contributed by atoms with Crippen molar-refractivity contribution in [3.63, 3.8) is 0 Å². The number of thiol groups is 3. The lowest BCUT2D eigenvalue weighted by Crippen LogP contribution is -2.62. The van der Waals surface area contributed by atoms with Gasteiger partial charge in [0.2, 0.25) is 0 Å². The number of carbonyl (C=O) groups is 2. The summed E-state index contributed by atoms with van der Waals surface area (Å²) < 4.78 is 0. The first-order chi connectivity index (χ1) is 7.64. The number of rotatable bonds is 7. The van der Waals surface area contributed by atoms with Crippen LogP contribution in [-0.4, -0.2) is 50.0 Å². The zero-order chi connectivity index (χ0) is 13.9. The van der Waals surface area contributed by atoms with E-state index >= 15 is 0 Å². The molecule has 0 aromatic carbocycles. The summed E-state index contributed by atoms with van der Waals surface area (Å²) in [5.74, 6) is -2.92. The van der Waals surface area contributed by atoms with E-state index in [1.165, 1.54) is 0 Å². The molecule has 100 valence electrons. The van der Waals surface area contributed by atoms with Gasteiger partial charge in [-0.15, -0.1) is 0 Å². The molecule has 0 aromatic rings. The van der Waals surface area contributed by atoms with Gasteiger partial charge in [0.25, 0.3) is 0 Å².